The number of nitrogens with zero attached hydrogens (tertiary/aromatic N) is 4. The van der Waals surface area contributed by atoms with Crippen molar-refractivity contribution in [2.24, 2.45) is 0 Å². The van der Waals surface area contributed by atoms with E-state index in [0.717, 1.165) is 153 Å². The second-order valence-corrected chi connectivity index (χ2v) is 27.6. The Bertz CT molecular complexity index is 1450. The van der Waals surface area contributed by atoms with Gasteiger partial charge in [0.1, 0.15) is 19.2 Å². The molecule has 0 aromatic rings. The van der Waals surface area contributed by atoms with Crippen LogP contribution in [0.15, 0.2) is 24.3 Å². The van der Waals surface area contributed by atoms with Crippen LogP contribution >= 0.6 is 21.6 Å². The van der Waals surface area contributed by atoms with Crippen molar-refractivity contribution in [2.45, 2.75) is 303 Å². The number of nitrogens with one attached hydrogen (secondary N) is 1. The van der Waals surface area contributed by atoms with E-state index in [4.69, 9.17) is 9.47 Å². The fourth-order valence-corrected chi connectivity index (χ4v) is 12.1. The number of allylic oxidation sites excluding steroid dienone is 2. The summed E-state index contributed by atoms with van der Waals surface area (Å²) in [6, 6.07) is -0.516. The lowest BCUT2D eigenvalue weighted by molar-refractivity contribution is -0.142. The molecule has 3 atom stereocenters. The number of unbranched alkanes of at least 4 members (excludes halogenated alkanes) is 28. The number of carbonyl (C=O) groups excluding carboxylic acids is 4. The van der Waals surface area contributed by atoms with Crippen LogP contribution in [0, 0.1) is 0 Å². The number of hydrogen-bond acceptors (Lipinski definition) is 14. The Labute approximate surface area is 546 Å². The molecule has 0 bridgehead atoms. The number of aldehydes is 2. The van der Waals surface area contributed by atoms with Gasteiger partial charge in [-0.3, -0.25) is 14.5 Å². The topological polar surface area (TPSA) is 152 Å². The molecule has 1 amide bonds. The minimum absolute atomic E-state index is 0.0871. The van der Waals surface area contributed by atoms with Gasteiger partial charge in [-0.15, -0.1) is 0 Å². The zero-order chi connectivity index (χ0) is 64.7. The van der Waals surface area contributed by atoms with E-state index >= 15 is 0 Å². The van der Waals surface area contributed by atoms with E-state index in [2.05, 4.69) is 94.1 Å². The van der Waals surface area contributed by atoms with Crippen molar-refractivity contribution in [3.63, 3.8) is 0 Å². The maximum Gasteiger partial charge on any atom is 0.306 e. The molecule has 0 rings (SSSR count). The molecule has 13 nitrogen and oxygen atoms in total. The van der Waals surface area contributed by atoms with Gasteiger partial charge in [-0.1, -0.05) is 228 Å². The highest BCUT2D eigenvalue weighted by Crippen LogP contribution is 2.24. The quantitative estimate of drug-likeness (QED) is 0.0174. The molecule has 3 unspecified atom stereocenters. The number of rotatable bonds is 65. The standard InChI is InChI=1S/C56H107N3O7S2.C10H20O.C6H16N2/c1-4-7-10-13-18-26-34-46-66-56(65)38-29-22-19-24-31-42-58(41-30-23-16-17-25-33-45-60)43-32-35-47-67-68-48-40-52(51-61)57-55(64)39-44-59(49-53(62)36-27-20-14-11-8-5-2)50-54(63)37-28-21-15-12-9-6-3;1-3-4-5-6-7-8-9-10-11-2;1-7(2)5-6-8(3)4/h26,34,45,51-54,62-63H,4-25,27-33,35-44,46-50H2,1-3H3,(H,57,64);8-9H,3-7,10H2,1-2H3;5-6H2,1-4H3/b34-26-;9-8-;. The molecule has 0 aliphatic heterocycles. The van der Waals surface area contributed by atoms with Gasteiger partial charge in [-0.05, 0) is 131 Å². The Morgan fingerprint density at radius 1 is 0.448 bits per heavy atom. The Morgan fingerprint density at radius 2 is 0.874 bits per heavy atom. The molecular weight excluding hydrogens is 1130 g/mol. The van der Waals surface area contributed by atoms with Crippen LogP contribution in [-0.2, 0) is 28.7 Å². The number of esters is 1. The Balaban J connectivity index is -0.00000315. The summed E-state index contributed by atoms with van der Waals surface area (Å²) in [4.78, 5) is 56.8. The van der Waals surface area contributed by atoms with Crippen LogP contribution in [0.25, 0.3) is 0 Å². The highest BCUT2D eigenvalue weighted by atomic mass is 33.1. The monoisotopic (exact) mass is 1270 g/mol. The van der Waals surface area contributed by atoms with E-state index in [1.165, 1.54) is 141 Å². The summed E-state index contributed by atoms with van der Waals surface area (Å²) in [5, 5.41) is 24.7. The second-order valence-electron chi connectivity index (χ2n) is 24.8. The Kier molecular flexibility index (Phi) is 77.0. The van der Waals surface area contributed by atoms with Crippen molar-refractivity contribution in [3.05, 3.63) is 24.3 Å². The van der Waals surface area contributed by atoms with Gasteiger partial charge >= 0.3 is 5.97 Å². The SMILES string of the molecule is CCCCCC/C=C\COC.CCCCCC/C=C\COC(=O)CCCCCCCN(CCCCCCCC=O)CCCCSSCCC(C=O)NC(=O)CCN(CC(O)CCCCCCCC)CC(O)CCCCCCCC.CN(C)CCN(C)C. The Hall–Kier alpha value is -1.82. The summed E-state index contributed by atoms with van der Waals surface area (Å²) in [5.74, 6) is 1.59. The van der Waals surface area contributed by atoms with Crippen LogP contribution in [-0.4, -0.2) is 185 Å². The van der Waals surface area contributed by atoms with Gasteiger partial charge in [0.05, 0.1) is 24.9 Å². The molecule has 87 heavy (non-hydrogen) atoms. The third-order valence-corrected chi connectivity index (χ3v) is 18.0. The summed E-state index contributed by atoms with van der Waals surface area (Å²) >= 11 is 0. The van der Waals surface area contributed by atoms with Crippen LogP contribution in [0.1, 0.15) is 285 Å². The number of aliphatic hydroxyl groups is 2. The minimum atomic E-state index is -0.516. The summed E-state index contributed by atoms with van der Waals surface area (Å²) in [5.41, 5.74) is 0. The largest absolute Gasteiger partial charge is 0.461 e. The molecule has 0 saturated carbocycles. The average molecular weight is 1270 g/mol. The molecule has 0 aliphatic carbocycles. The predicted molar refractivity (Wildman–Crippen MR) is 379 cm³/mol. The van der Waals surface area contributed by atoms with Crippen LogP contribution in [0.5, 0.6) is 0 Å². The van der Waals surface area contributed by atoms with Crippen molar-refractivity contribution >= 4 is 46.0 Å². The minimum Gasteiger partial charge on any atom is -0.461 e. The summed E-state index contributed by atoms with van der Waals surface area (Å²) in [7, 11) is 13.7. The van der Waals surface area contributed by atoms with Gasteiger partial charge in [0.15, 0.2) is 0 Å². The Morgan fingerprint density at radius 3 is 1.36 bits per heavy atom. The van der Waals surface area contributed by atoms with Crippen LogP contribution in [0.4, 0.5) is 0 Å². The lowest BCUT2D eigenvalue weighted by Gasteiger charge is -2.27. The first-order chi connectivity index (χ1) is 42.3. The number of aliphatic hydroxyl groups excluding tert-OH is 2. The lowest BCUT2D eigenvalue weighted by Crippen LogP contribution is -2.42. The van der Waals surface area contributed by atoms with E-state index < -0.39 is 18.2 Å². The first kappa shape index (κ1) is 89.4. The molecule has 0 heterocycles. The summed E-state index contributed by atoms with van der Waals surface area (Å²) in [6.45, 7) is 17.0. The molecule has 3 N–H and O–H groups in total. The molecule has 0 aliphatic rings. The van der Waals surface area contributed by atoms with E-state index in [1.807, 2.05) is 21.8 Å². The third-order valence-electron chi connectivity index (χ3n) is 15.5. The molecule has 516 valence electrons. The van der Waals surface area contributed by atoms with Gasteiger partial charge in [0.2, 0.25) is 5.91 Å². The fourth-order valence-electron chi connectivity index (χ4n) is 9.88. The molecule has 0 spiro atoms. The fraction of sp³-hybridized carbons (Fsp3) is 0.889. The van der Waals surface area contributed by atoms with Gasteiger partial charge in [0.25, 0.3) is 0 Å². The highest BCUT2D eigenvalue weighted by Gasteiger charge is 2.19. The third kappa shape index (κ3) is 76.5. The van der Waals surface area contributed by atoms with Gasteiger partial charge in [-0.25, -0.2) is 0 Å². The lowest BCUT2D eigenvalue weighted by atomic mass is 10.1. The first-order valence-corrected chi connectivity index (χ1v) is 38.3. The van der Waals surface area contributed by atoms with Crippen LogP contribution < -0.4 is 5.32 Å². The normalized spacial score (nSPS) is 12.7. The number of likely N-dealkylation sites (N-methyl/N-ethyl adjacent to an activating group) is 2. The number of amides is 1. The maximum absolute atomic E-state index is 13.0. The van der Waals surface area contributed by atoms with E-state index in [-0.39, 0.29) is 18.3 Å². The average Bonchev–Trinajstić information content (AvgIpc) is 3.53. The van der Waals surface area contributed by atoms with E-state index in [1.54, 1.807) is 17.9 Å². The summed E-state index contributed by atoms with van der Waals surface area (Å²) in [6.07, 6.45) is 53.0. The molecular formula is C72H143N5O8S2. The van der Waals surface area contributed by atoms with Crippen LogP contribution in [0.2, 0.25) is 0 Å². The molecule has 15 heteroatoms. The molecule has 0 radical (unpaired) electrons. The van der Waals surface area contributed by atoms with Gasteiger partial charge in [-0.2, -0.15) is 0 Å². The van der Waals surface area contributed by atoms with Crippen molar-refractivity contribution in [2.75, 3.05) is 112 Å². The maximum atomic E-state index is 13.0. The first-order valence-electron chi connectivity index (χ1n) is 35.8. The van der Waals surface area contributed by atoms with E-state index in [9.17, 15) is 29.4 Å². The zero-order valence-corrected chi connectivity index (χ0v) is 60.0. The second kappa shape index (κ2) is 74.9. The molecule has 0 aromatic carbocycles. The van der Waals surface area contributed by atoms with E-state index in [0.29, 0.717) is 45.5 Å². The predicted octanol–water partition coefficient (Wildman–Crippen LogP) is 16.7. The smallest absolute Gasteiger partial charge is 0.306 e. The number of hydrogen-bond donors (Lipinski definition) is 3. The number of carbonyl (C=O) groups is 4. The number of ether oxygens (including phenoxy) is 2. The van der Waals surface area contributed by atoms with Crippen molar-refractivity contribution in [1.29, 1.82) is 0 Å². The van der Waals surface area contributed by atoms with Gasteiger partial charge < -0.3 is 49.3 Å². The summed E-state index contributed by atoms with van der Waals surface area (Å²) < 4.78 is 10.3. The number of methoxy groups -OCH3 is 1. The van der Waals surface area contributed by atoms with Crippen molar-refractivity contribution in [3.8, 4) is 0 Å². The molecule has 0 aromatic heterocycles. The van der Waals surface area contributed by atoms with Crippen molar-refractivity contribution in [1.82, 2.24) is 24.9 Å². The highest BCUT2D eigenvalue weighted by molar-refractivity contribution is 8.76. The van der Waals surface area contributed by atoms with Gasteiger partial charge in [0, 0.05) is 70.6 Å². The molecule has 0 saturated heterocycles. The zero-order valence-electron chi connectivity index (χ0n) is 58.4. The van der Waals surface area contributed by atoms with Crippen LogP contribution in [0.3, 0.4) is 0 Å². The van der Waals surface area contributed by atoms with Crippen molar-refractivity contribution < 1.29 is 38.9 Å². The molecule has 0 fully saturated rings.